The summed E-state index contributed by atoms with van der Waals surface area (Å²) >= 11 is 0. The van der Waals surface area contributed by atoms with Crippen LogP contribution < -0.4 is 0 Å². The molecule has 1 aromatic carbocycles. The normalized spacial score (nSPS) is 15.9. The molecule has 21 heavy (non-hydrogen) atoms. The second-order valence-corrected chi connectivity index (χ2v) is 5.64. The Kier molecular flexibility index (Phi) is 4.04. The Morgan fingerprint density at radius 3 is 2.57 bits per heavy atom. The van der Waals surface area contributed by atoms with Crippen LogP contribution in [0.3, 0.4) is 0 Å². The van der Waals surface area contributed by atoms with Crippen molar-refractivity contribution in [2.45, 2.75) is 32.2 Å². The summed E-state index contributed by atoms with van der Waals surface area (Å²) in [6.45, 7) is 2.03. The van der Waals surface area contributed by atoms with Crippen LogP contribution in [-0.2, 0) is 11.3 Å². The predicted octanol–water partition coefficient (Wildman–Crippen LogP) is 2.86. The number of rotatable bonds is 3. The Hall–Kier alpha value is -2.10. The summed E-state index contributed by atoms with van der Waals surface area (Å²) in [6.07, 6.45) is 7.37. The topological polar surface area (TPSA) is 42.3 Å². The minimum Gasteiger partial charge on any atom is -0.341 e. The Bertz CT molecular complexity index is 652. The predicted molar refractivity (Wildman–Crippen MR) is 82.4 cm³/mol. The van der Waals surface area contributed by atoms with Crippen molar-refractivity contribution < 1.29 is 9.59 Å². The van der Waals surface area contributed by atoms with Gasteiger partial charge in [0.2, 0.25) is 5.91 Å². The molecular formula is C17H20N2O2. The number of aromatic nitrogens is 1. The van der Waals surface area contributed by atoms with Gasteiger partial charge in [0.25, 0.3) is 0 Å². The SMILES string of the molecule is O=Cc1cccc2ccn(CC(=O)N3CCCCCC3)c12. The van der Waals surface area contributed by atoms with Crippen molar-refractivity contribution in [3.05, 3.63) is 36.0 Å². The number of carbonyl (C=O) groups is 2. The van der Waals surface area contributed by atoms with Gasteiger partial charge in [0.15, 0.2) is 6.29 Å². The highest BCUT2D eigenvalue weighted by Crippen LogP contribution is 2.20. The molecular weight excluding hydrogens is 264 g/mol. The monoisotopic (exact) mass is 284 g/mol. The van der Waals surface area contributed by atoms with Gasteiger partial charge in [0.1, 0.15) is 6.54 Å². The quantitative estimate of drug-likeness (QED) is 0.813. The van der Waals surface area contributed by atoms with E-state index in [0.717, 1.165) is 43.1 Å². The fourth-order valence-corrected chi connectivity index (χ4v) is 3.08. The van der Waals surface area contributed by atoms with Gasteiger partial charge in [-0.15, -0.1) is 0 Å². The lowest BCUT2D eigenvalue weighted by atomic mass is 10.1. The van der Waals surface area contributed by atoms with Gasteiger partial charge in [-0.25, -0.2) is 0 Å². The third-order valence-electron chi connectivity index (χ3n) is 4.21. The van der Waals surface area contributed by atoms with Crippen LogP contribution in [0, 0.1) is 0 Å². The van der Waals surface area contributed by atoms with Gasteiger partial charge in [-0.1, -0.05) is 25.0 Å². The molecule has 110 valence electrons. The number of amides is 1. The summed E-state index contributed by atoms with van der Waals surface area (Å²) in [6, 6.07) is 7.59. The van der Waals surface area contributed by atoms with Gasteiger partial charge in [-0.2, -0.15) is 0 Å². The summed E-state index contributed by atoms with van der Waals surface area (Å²) in [5, 5.41) is 1.00. The number of benzene rings is 1. The van der Waals surface area contributed by atoms with E-state index in [1.54, 1.807) is 6.07 Å². The molecule has 1 saturated heterocycles. The molecule has 0 spiro atoms. The standard InChI is InChI=1S/C17H20N2O2/c20-13-15-7-5-6-14-8-11-19(17(14)15)12-16(21)18-9-3-1-2-4-10-18/h5-8,11,13H,1-4,9-10,12H2. The molecule has 3 rings (SSSR count). The first-order valence-corrected chi connectivity index (χ1v) is 7.60. The maximum atomic E-state index is 12.5. The summed E-state index contributed by atoms with van der Waals surface area (Å²) in [7, 11) is 0. The first kappa shape index (κ1) is 13.9. The van der Waals surface area contributed by atoms with Gasteiger partial charge in [0.05, 0.1) is 5.52 Å². The Morgan fingerprint density at radius 1 is 1.10 bits per heavy atom. The minimum atomic E-state index is 0.148. The summed E-state index contributed by atoms with van der Waals surface area (Å²) in [4.78, 5) is 25.6. The molecule has 1 amide bonds. The first-order chi connectivity index (χ1) is 10.3. The van der Waals surface area contributed by atoms with Crippen molar-refractivity contribution >= 4 is 23.1 Å². The van der Waals surface area contributed by atoms with Crippen LogP contribution in [0.15, 0.2) is 30.5 Å². The van der Waals surface area contributed by atoms with Crippen LogP contribution in [-0.4, -0.2) is 34.7 Å². The zero-order chi connectivity index (χ0) is 14.7. The lowest BCUT2D eigenvalue weighted by molar-refractivity contribution is -0.131. The van der Waals surface area contributed by atoms with E-state index in [1.807, 2.05) is 33.9 Å². The van der Waals surface area contributed by atoms with Crippen LogP contribution in [0.5, 0.6) is 0 Å². The number of fused-ring (bicyclic) bond motifs is 1. The molecule has 4 heteroatoms. The second-order valence-electron chi connectivity index (χ2n) is 5.64. The average molecular weight is 284 g/mol. The molecule has 0 aliphatic carbocycles. The van der Waals surface area contributed by atoms with Gasteiger partial charge in [0, 0.05) is 30.2 Å². The van der Waals surface area contributed by atoms with E-state index in [-0.39, 0.29) is 5.91 Å². The number of aldehydes is 1. The van der Waals surface area contributed by atoms with E-state index in [1.165, 1.54) is 12.8 Å². The van der Waals surface area contributed by atoms with Crippen molar-refractivity contribution in [3.8, 4) is 0 Å². The van der Waals surface area contributed by atoms with E-state index in [4.69, 9.17) is 0 Å². The van der Waals surface area contributed by atoms with Crippen LogP contribution in [0.2, 0.25) is 0 Å². The van der Waals surface area contributed by atoms with E-state index in [0.29, 0.717) is 12.1 Å². The van der Waals surface area contributed by atoms with Gasteiger partial charge in [-0.3, -0.25) is 9.59 Å². The number of nitrogens with zero attached hydrogens (tertiary/aromatic N) is 2. The second kappa shape index (κ2) is 6.12. The highest BCUT2D eigenvalue weighted by Gasteiger charge is 2.17. The fourth-order valence-electron chi connectivity index (χ4n) is 3.08. The average Bonchev–Trinajstić information content (AvgIpc) is 2.75. The third-order valence-corrected chi connectivity index (χ3v) is 4.21. The molecule has 0 unspecified atom stereocenters. The molecule has 1 aliphatic heterocycles. The lowest BCUT2D eigenvalue weighted by Gasteiger charge is -2.21. The third kappa shape index (κ3) is 2.84. The molecule has 0 bridgehead atoms. The van der Waals surface area contributed by atoms with E-state index >= 15 is 0 Å². The zero-order valence-corrected chi connectivity index (χ0v) is 12.1. The smallest absolute Gasteiger partial charge is 0.242 e. The highest BCUT2D eigenvalue weighted by molar-refractivity contribution is 5.97. The summed E-state index contributed by atoms with van der Waals surface area (Å²) < 4.78 is 1.90. The van der Waals surface area contributed by atoms with E-state index in [2.05, 4.69) is 0 Å². The fraction of sp³-hybridized carbons (Fsp3) is 0.412. The largest absolute Gasteiger partial charge is 0.341 e. The molecule has 2 heterocycles. The van der Waals surface area contributed by atoms with Gasteiger partial charge < -0.3 is 9.47 Å². The zero-order valence-electron chi connectivity index (χ0n) is 12.1. The minimum absolute atomic E-state index is 0.148. The van der Waals surface area contributed by atoms with Crippen LogP contribution in [0.4, 0.5) is 0 Å². The molecule has 1 aliphatic rings. The van der Waals surface area contributed by atoms with Gasteiger partial charge >= 0.3 is 0 Å². The molecule has 1 aromatic heterocycles. The Morgan fingerprint density at radius 2 is 1.86 bits per heavy atom. The molecule has 1 fully saturated rings. The van der Waals surface area contributed by atoms with Crippen molar-refractivity contribution in [3.63, 3.8) is 0 Å². The van der Waals surface area contributed by atoms with E-state index < -0.39 is 0 Å². The van der Waals surface area contributed by atoms with Gasteiger partial charge in [-0.05, 0) is 25.0 Å². The number of hydrogen-bond acceptors (Lipinski definition) is 2. The van der Waals surface area contributed by atoms with Crippen molar-refractivity contribution in [2.24, 2.45) is 0 Å². The van der Waals surface area contributed by atoms with Crippen molar-refractivity contribution in [2.75, 3.05) is 13.1 Å². The number of para-hydroxylation sites is 1. The Balaban J connectivity index is 1.84. The van der Waals surface area contributed by atoms with Crippen molar-refractivity contribution in [1.82, 2.24) is 9.47 Å². The molecule has 4 nitrogen and oxygen atoms in total. The molecule has 0 radical (unpaired) electrons. The maximum absolute atomic E-state index is 12.5. The Labute approximate surface area is 124 Å². The summed E-state index contributed by atoms with van der Waals surface area (Å²) in [5.41, 5.74) is 1.50. The lowest BCUT2D eigenvalue weighted by Crippen LogP contribution is -2.34. The summed E-state index contributed by atoms with van der Waals surface area (Å²) in [5.74, 6) is 0.148. The van der Waals surface area contributed by atoms with Crippen molar-refractivity contribution in [1.29, 1.82) is 0 Å². The first-order valence-electron chi connectivity index (χ1n) is 7.60. The number of carbonyl (C=O) groups excluding carboxylic acids is 2. The molecule has 0 saturated carbocycles. The van der Waals surface area contributed by atoms with Crippen LogP contribution in [0.1, 0.15) is 36.0 Å². The molecule has 0 atom stereocenters. The molecule has 2 aromatic rings. The number of hydrogen-bond donors (Lipinski definition) is 0. The van der Waals surface area contributed by atoms with Crippen LogP contribution >= 0.6 is 0 Å². The van der Waals surface area contributed by atoms with E-state index in [9.17, 15) is 9.59 Å². The number of likely N-dealkylation sites (tertiary alicyclic amines) is 1. The molecule has 0 N–H and O–H groups in total. The maximum Gasteiger partial charge on any atom is 0.242 e. The highest BCUT2D eigenvalue weighted by atomic mass is 16.2. The van der Waals surface area contributed by atoms with Crippen LogP contribution in [0.25, 0.3) is 10.9 Å².